The topological polar surface area (TPSA) is 43.8 Å². The molecule has 1 amide bonds. The van der Waals surface area contributed by atoms with Crippen molar-refractivity contribution >= 4 is 17.3 Å². The number of fused-ring (bicyclic) bond motifs is 1. The number of nitrogens with zero attached hydrogens (tertiary/aromatic N) is 2. The van der Waals surface area contributed by atoms with Gasteiger partial charge < -0.3 is 14.9 Å². The minimum Gasteiger partial charge on any atom is -0.396 e. The minimum atomic E-state index is 0.0941. The van der Waals surface area contributed by atoms with Crippen LogP contribution in [0.4, 0.5) is 11.4 Å². The highest BCUT2D eigenvalue weighted by Gasteiger charge is 2.25. The number of aliphatic hydroxyl groups is 1. The molecule has 1 aliphatic heterocycles. The number of likely N-dealkylation sites (N-methyl/N-ethyl adjacent to an activating group) is 1. The molecule has 1 heterocycles. The van der Waals surface area contributed by atoms with Crippen LogP contribution in [-0.4, -0.2) is 37.8 Å². The first-order valence-corrected chi connectivity index (χ1v) is 5.45. The van der Waals surface area contributed by atoms with E-state index in [-0.39, 0.29) is 12.5 Å². The van der Waals surface area contributed by atoms with Gasteiger partial charge in [-0.1, -0.05) is 12.1 Å². The summed E-state index contributed by atoms with van der Waals surface area (Å²) in [6.45, 7) is 1.27. The third kappa shape index (κ3) is 1.88. The molecular weight excluding hydrogens is 204 g/mol. The molecular formula is C12H16N2O2. The normalized spacial score (nSPS) is 15.2. The van der Waals surface area contributed by atoms with E-state index in [0.29, 0.717) is 19.5 Å². The molecule has 0 fully saturated rings. The van der Waals surface area contributed by atoms with Gasteiger partial charge >= 0.3 is 0 Å². The summed E-state index contributed by atoms with van der Waals surface area (Å²) in [4.78, 5) is 15.5. The predicted molar refractivity (Wildman–Crippen MR) is 63.8 cm³/mol. The average molecular weight is 220 g/mol. The summed E-state index contributed by atoms with van der Waals surface area (Å²) < 4.78 is 0. The van der Waals surface area contributed by atoms with Gasteiger partial charge in [-0.25, -0.2) is 0 Å². The van der Waals surface area contributed by atoms with Gasteiger partial charge in [0.05, 0.1) is 17.9 Å². The summed E-state index contributed by atoms with van der Waals surface area (Å²) in [7, 11) is 1.80. The van der Waals surface area contributed by atoms with E-state index in [1.807, 2.05) is 29.2 Å². The van der Waals surface area contributed by atoms with E-state index in [2.05, 4.69) is 0 Å². The van der Waals surface area contributed by atoms with E-state index in [1.54, 1.807) is 11.9 Å². The lowest BCUT2D eigenvalue weighted by atomic mass is 10.1. The summed E-state index contributed by atoms with van der Waals surface area (Å²) in [6.07, 6.45) is 0.686. The van der Waals surface area contributed by atoms with Crippen LogP contribution in [0.5, 0.6) is 0 Å². The number of amides is 1. The number of aliphatic hydroxyl groups excluding tert-OH is 1. The number of carbonyl (C=O) groups is 1. The summed E-state index contributed by atoms with van der Waals surface area (Å²) >= 11 is 0. The summed E-state index contributed by atoms with van der Waals surface area (Å²) in [6, 6.07) is 7.85. The Morgan fingerprint density at radius 3 is 2.69 bits per heavy atom. The Balaban J connectivity index is 2.29. The van der Waals surface area contributed by atoms with Crippen molar-refractivity contribution < 1.29 is 9.90 Å². The standard InChI is InChI=1S/C12H16N2O2/c1-13-10-5-2-3-6-11(10)14(7-4-8-15)9-12(13)16/h2-3,5-6,15H,4,7-9H2,1H3. The van der Waals surface area contributed by atoms with Crippen LogP contribution in [0.1, 0.15) is 6.42 Å². The van der Waals surface area contributed by atoms with Gasteiger partial charge in [0.25, 0.3) is 0 Å². The molecule has 0 spiro atoms. The molecule has 4 heteroatoms. The highest BCUT2D eigenvalue weighted by Crippen LogP contribution is 2.32. The zero-order valence-corrected chi connectivity index (χ0v) is 9.39. The molecule has 0 atom stereocenters. The van der Waals surface area contributed by atoms with Crippen molar-refractivity contribution in [3.05, 3.63) is 24.3 Å². The van der Waals surface area contributed by atoms with Crippen molar-refractivity contribution in [2.45, 2.75) is 6.42 Å². The Hall–Kier alpha value is -1.55. The summed E-state index contributed by atoms with van der Waals surface area (Å²) in [5.41, 5.74) is 2.01. The van der Waals surface area contributed by atoms with Crippen LogP contribution in [0, 0.1) is 0 Å². The van der Waals surface area contributed by atoms with E-state index in [0.717, 1.165) is 11.4 Å². The molecule has 0 saturated carbocycles. The van der Waals surface area contributed by atoms with Crippen molar-refractivity contribution in [2.75, 3.05) is 36.5 Å². The smallest absolute Gasteiger partial charge is 0.246 e. The average Bonchev–Trinajstić information content (AvgIpc) is 2.32. The monoisotopic (exact) mass is 220 g/mol. The van der Waals surface area contributed by atoms with E-state index in [1.165, 1.54) is 0 Å². The highest BCUT2D eigenvalue weighted by molar-refractivity contribution is 6.02. The maximum atomic E-state index is 11.8. The number of hydrogen-bond acceptors (Lipinski definition) is 3. The molecule has 0 bridgehead atoms. The van der Waals surface area contributed by atoms with E-state index in [4.69, 9.17) is 5.11 Å². The van der Waals surface area contributed by atoms with Crippen LogP contribution >= 0.6 is 0 Å². The predicted octanol–water partition coefficient (Wildman–Crippen LogP) is 0.852. The molecule has 1 aromatic rings. The molecule has 1 N–H and O–H groups in total. The zero-order chi connectivity index (χ0) is 11.5. The second-order valence-electron chi connectivity index (χ2n) is 3.94. The van der Waals surface area contributed by atoms with Gasteiger partial charge in [0.1, 0.15) is 0 Å². The van der Waals surface area contributed by atoms with Gasteiger partial charge in [0.15, 0.2) is 0 Å². The molecule has 0 radical (unpaired) electrons. The Kier molecular flexibility index (Phi) is 3.10. The summed E-state index contributed by atoms with van der Waals surface area (Å²) in [5.74, 6) is 0.0941. The molecule has 1 aromatic carbocycles. The van der Waals surface area contributed by atoms with Crippen LogP contribution in [0.15, 0.2) is 24.3 Å². The van der Waals surface area contributed by atoms with Crippen molar-refractivity contribution in [2.24, 2.45) is 0 Å². The second-order valence-corrected chi connectivity index (χ2v) is 3.94. The van der Waals surface area contributed by atoms with E-state index in [9.17, 15) is 4.79 Å². The van der Waals surface area contributed by atoms with Gasteiger partial charge in [-0.3, -0.25) is 4.79 Å². The highest BCUT2D eigenvalue weighted by atomic mass is 16.3. The van der Waals surface area contributed by atoms with Gasteiger partial charge in [-0.2, -0.15) is 0 Å². The van der Waals surface area contributed by atoms with Crippen LogP contribution in [0.25, 0.3) is 0 Å². The first-order chi connectivity index (χ1) is 7.74. The molecule has 4 nitrogen and oxygen atoms in total. The first-order valence-electron chi connectivity index (χ1n) is 5.45. The Labute approximate surface area is 95.1 Å². The van der Waals surface area contributed by atoms with Crippen molar-refractivity contribution in [1.82, 2.24) is 0 Å². The van der Waals surface area contributed by atoms with Crippen molar-refractivity contribution in [1.29, 1.82) is 0 Å². The lowest BCUT2D eigenvalue weighted by Crippen LogP contribution is -2.44. The molecule has 16 heavy (non-hydrogen) atoms. The molecule has 0 unspecified atom stereocenters. The lowest BCUT2D eigenvalue weighted by molar-refractivity contribution is -0.117. The fourth-order valence-electron chi connectivity index (χ4n) is 1.97. The second kappa shape index (κ2) is 4.53. The number of anilines is 2. The van der Waals surface area contributed by atoms with Crippen molar-refractivity contribution in [3.63, 3.8) is 0 Å². The number of hydrogen-bond donors (Lipinski definition) is 1. The van der Waals surface area contributed by atoms with Crippen LogP contribution in [0.2, 0.25) is 0 Å². The van der Waals surface area contributed by atoms with Gasteiger partial charge in [0, 0.05) is 20.2 Å². The Morgan fingerprint density at radius 1 is 1.31 bits per heavy atom. The number of benzene rings is 1. The molecule has 86 valence electrons. The minimum absolute atomic E-state index is 0.0941. The van der Waals surface area contributed by atoms with Crippen LogP contribution in [-0.2, 0) is 4.79 Å². The molecule has 2 rings (SSSR count). The zero-order valence-electron chi connectivity index (χ0n) is 9.39. The molecule has 0 saturated heterocycles. The van der Waals surface area contributed by atoms with Crippen LogP contribution < -0.4 is 9.80 Å². The SMILES string of the molecule is CN1C(=O)CN(CCCO)c2ccccc21. The van der Waals surface area contributed by atoms with Crippen LogP contribution in [0.3, 0.4) is 0 Å². The molecule has 1 aliphatic rings. The van der Waals surface area contributed by atoms with Gasteiger partial charge in [0.2, 0.25) is 5.91 Å². The van der Waals surface area contributed by atoms with Crippen molar-refractivity contribution in [3.8, 4) is 0 Å². The fraction of sp³-hybridized carbons (Fsp3) is 0.417. The van der Waals surface area contributed by atoms with E-state index < -0.39 is 0 Å². The van der Waals surface area contributed by atoms with Gasteiger partial charge in [-0.15, -0.1) is 0 Å². The van der Waals surface area contributed by atoms with Gasteiger partial charge in [-0.05, 0) is 18.6 Å². The third-order valence-electron chi connectivity index (χ3n) is 2.87. The molecule has 0 aromatic heterocycles. The maximum Gasteiger partial charge on any atom is 0.246 e. The lowest BCUT2D eigenvalue weighted by Gasteiger charge is -2.35. The number of carbonyl (C=O) groups excluding carboxylic acids is 1. The fourth-order valence-corrected chi connectivity index (χ4v) is 1.97. The third-order valence-corrected chi connectivity index (χ3v) is 2.87. The number of rotatable bonds is 3. The molecule has 0 aliphatic carbocycles. The summed E-state index contributed by atoms with van der Waals surface area (Å²) in [5, 5.41) is 8.84. The first kappa shape index (κ1) is 11.0. The Morgan fingerprint density at radius 2 is 2.00 bits per heavy atom. The maximum absolute atomic E-state index is 11.8. The van der Waals surface area contributed by atoms with E-state index >= 15 is 0 Å². The quantitative estimate of drug-likeness (QED) is 0.821. The number of para-hydroxylation sites is 2. The largest absolute Gasteiger partial charge is 0.396 e. The Bertz CT molecular complexity index is 392.